The van der Waals surface area contributed by atoms with Gasteiger partial charge in [0, 0.05) is 23.9 Å². The zero-order valence-electron chi connectivity index (χ0n) is 8.83. The van der Waals surface area contributed by atoms with Crippen molar-refractivity contribution < 1.29 is 4.92 Å². The summed E-state index contributed by atoms with van der Waals surface area (Å²) in [7, 11) is 0. The molecule has 2 rings (SSSR count). The second-order valence-electron chi connectivity index (χ2n) is 3.59. The Kier molecular flexibility index (Phi) is 2.52. The third-order valence-corrected chi connectivity index (χ3v) is 2.36. The molecule has 1 aliphatic rings. The summed E-state index contributed by atoms with van der Waals surface area (Å²) in [6.45, 7) is 0. The van der Waals surface area contributed by atoms with Crippen molar-refractivity contribution in [1.82, 2.24) is 5.32 Å². The largest absolute Gasteiger partial charge is 0.384 e. The van der Waals surface area contributed by atoms with Crippen LogP contribution in [0.2, 0.25) is 0 Å². The molecule has 0 aliphatic carbocycles. The van der Waals surface area contributed by atoms with Crippen LogP contribution in [0.1, 0.15) is 5.56 Å². The van der Waals surface area contributed by atoms with Crippen molar-refractivity contribution in [1.29, 1.82) is 0 Å². The number of benzene rings is 1. The van der Waals surface area contributed by atoms with E-state index in [4.69, 9.17) is 11.5 Å². The summed E-state index contributed by atoms with van der Waals surface area (Å²) in [6, 6.07) is 5.95. The van der Waals surface area contributed by atoms with Crippen LogP contribution in [-0.2, 0) is 5.79 Å². The monoisotopic (exact) mass is 233 g/mol. The van der Waals surface area contributed by atoms with E-state index in [0.29, 0.717) is 5.56 Å². The van der Waals surface area contributed by atoms with Gasteiger partial charge in [-0.25, -0.2) is 4.99 Å². The van der Waals surface area contributed by atoms with Crippen LogP contribution >= 0.6 is 0 Å². The lowest BCUT2D eigenvalue weighted by Crippen LogP contribution is -2.49. The van der Waals surface area contributed by atoms with Gasteiger partial charge in [-0.1, -0.05) is 12.1 Å². The molecule has 0 bridgehead atoms. The fraction of sp³-hybridized carbons (Fsp3) is 0.100. The highest BCUT2D eigenvalue weighted by molar-refractivity contribution is 5.92. The van der Waals surface area contributed by atoms with Crippen molar-refractivity contribution in [3.63, 3.8) is 0 Å². The van der Waals surface area contributed by atoms with E-state index in [0.717, 1.165) is 0 Å². The molecule has 0 fully saturated rings. The highest BCUT2D eigenvalue weighted by Gasteiger charge is 2.28. The summed E-state index contributed by atoms with van der Waals surface area (Å²) in [5.41, 5.74) is 12.0. The fourth-order valence-electron chi connectivity index (χ4n) is 1.53. The van der Waals surface area contributed by atoms with E-state index in [1.165, 1.54) is 12.1 Å². The van der Waals surface area contributed by atoms with Crippen LogP contribution in [0.3, 0.4) is 0 Å². The fourth-order valence-corrected chi connectivity index (χ4v) is 1.53. The summed E-state index contributed by atoms with van der Waals surface area (Å²) >= 11 is 0. The highest BCUT2D eigenvalue weighted by atomic mass is 16.6. The second-order valence-corrected chi connectivity index (χ2v) is 3.59. The average molecular weight is 233 g/mol. The number of nitrogens with one attached hydrogen (secondary N) is 1. The Morgan fingerprint density at radius 3 is 2.88 bits per heavy atom. The lowest BCUT2D eigenvalue weighted by atomic mass is 10.1. The quantitative estimate of drug-likeness (QED) is 0.495. The number of non-ortho nitro benzene ring substituents is 1. The predicted molar refractivity (Wildman–Crippen MR) is 62.9 cm³/mol. The molecule has 0 radical (unpaired) electrons. The normalized spacial score (nSPS) is 22.8. The van der Waals surface area contributed by atoms with E-state index in [9.17, 15) is 10.1 Å². The van der Waals surface area contributed by atoms with Gasteiger partial charge in [0.1, 0.15) is 5.84 Å². The predicted octanol–water partition coefficient (Wildman–Crippen LogP) is 0.138. The number of nitro benzene ring substituents is 1. The Morgan fingerprint density at radius 2 is 2.24 bits per heavy atom. The van der Waals surface area contributed by atoms with Gasteiger partial charge >= 0.3 is 0 Å². The molecule has 0 saturated heterocycles. The van der Waals surface area contributed by atoms with Gasteiger partial charge in [0.15, 0.2) is 0 Å². The second kappa shape index (κ2) is 3.87. The van der Waals surface area contributed by atoms with Gasteiger partial charge in [0.05, 0.1) is 4.92 Å². The average Bonchev–Trinajstić information content (AvgIpc) is 2.29. The molecule has 1 aromatic rings. The van der Waals surface area contributed by atoms with Crippen molar-refractivity contribution in [2.45, 2.75) is 5.79 Å². The van der Waals surface area contributed by atoms with Crippen LogP contribution in [0.5, 0.6) is 0 Å². The number of rotatable bonds is 2. The number of nitrogens with two attached hydrogens (primary N) is 2. The molecule has 7 heteroatoms. The lowest BCUT2D eigenvalue weighted by Gasteiger charge is -2.28. The standard InChI is InChI=1S/C10H11N5O2/c11-9-4-5-13-10(12,14-9)7-2-1-3-8(6-7)15(16)17/h1-6,13H,12H2,(H2,11,14). The van der Waals surface area contributed by atoms with Gasteiger partial charge < -0.3 is 11.1 Å². The van der Waals surface area contributed by atoms with Crippen molar-refractivity contribution in [3.8, 4) is 0 Å². The highest BCUT2D eigenvalue weighted by Crippen LogP contribution is 2.23. The molecule has 1 unspecified atom stereocenters. The lowest BCUT2D eigenvalue weighted by molar-refractivity contribution is -0.385. The molecule has 1 aromatic carbocycles. The molecule has 88 valence electrons. The third kappa shape index (κ3) is 2.08. The minimum atomic E-state index is -1.26. The molecule has 1 aliphatic heterocycles. The first-order valence-electron chi connectivity index (χ1n) is 4.85. The zero-order chi connectivity index (χ0) is 12.5. The molecule has 5 N–H and O–H groups in total. The number of nitro groups is 1. The minimum Gasteiger partial charge on any atom is -0.384 e. The topological polar surface area (TPSA) is 120 Å². The van der Waals surface area contributed by atoms with Gasteiger partial charge in [0.2, 0.25) is 5.79 Å². The Morgan fingerprint density at radius 1 is 1.47 bits per heavy atom. The first-order valence-corrected chi connectivity index (χ1v) is 4.85. The molecule has 0 aromatic heterocycles. The SMILES string of the molecule is NC1=NC(N)(c2cccc([N+](=O)[O-])c2)NC=C1. The van der Waals surface area contributed by atoms with E-state index in [-0.39, 0.29) is 11.5 Å². The van der Waals surface area contributed by atoms with E-state index in [1.54, 1.807) is 24.4 Å². The van der Waals surface area contributed by atoms with E-state index >= 15 is 0 Å². The van der Waals surface area contributed by atoms with Crippen LogP contribution in [0, 0.1) is 10.1 Å². The zero-order valence-corrected chi connectivity index (χ0v) is 8.83. The van der Waals surface area contributed by atoms with Crippen LogP contribution < -0.4 is 16.8 Å². The van der Waals surface area contributed by atoms with E-state index in [1.807, 2.05) is 0 Å². The van der Waals surface area contributed by atoms with Crippen LogP contribution in [0.4, 0.5) is 5.69 Å². The maximum absolute atomic E-state index is 10.7. The number of hydrogen-bond acceptors (Lipinski definition) is 6. The first-order chi connectivity index (χ1) is 8.01. The van der Waals surface area contributed by atoms with Crippen molar-refractivity contribution in [2.75, 3.05) is 0 Å². The van der Waals surface area contributed by atoms with Crippen LogP contribution in [0.25, 0.3) is 0 Å². The first kappa shape index (κ1) is 11.1. The summed E-state index contributed by atoms with van der Waals surface area (Å²) in [5, 5.41) is 13.5. The minimum absolute atomic E-state index is 0.0440. The summed E-state index contributed by atoms with van der Waals surface area (Å²) < 4.78 is 0. The van der Waals surface area contributed by atoms with Gasteiger partial charge in [-0.05, 0) is 6.08 Å². The Balaban J connectivity index is 2.43. The summed E-state index contributed by atoms with van der Waals surface area (Å²) in [6.07, 6.45) is 3.11. The molecule has 0 saturated carbocycles. The molecule has 0 amide bonds. The Bertz CT molecular complexity index is 525. The van der Waals surface area contributed by atoms with Crippen LogP contribution in [0.15, 0.2) is 41.5 Å². The maximum Gasteiger partial charge on any atom is 0.269 e. The van der Waals surface area contributed by atoms with Crippen molar-refractivity contribution >= 4 is 11.5 Å². The molecule has 0 spiro atoms. The Hall–Kier alpha value is -2.41. The molecule has 1 heterocycles. The van der Waals surface area contributed by atoms with Crippen molar-refractivity contribution in [3.05, 3.63) is 52.2 Å². The number of hydrogen-bond donors (Lipinski definition) is 3. The maximum atomic E-state index is 10.7. The molecule has 7 nitrogen and oxygen atoms in total. The van der Waals surface area contributed by atoms with Gasteiger partial charge in [0.25, 0.3) is 5.69 Å². The summed E-state index contributed by atoms with van der Waals surface area (Å²) in [4.78, 5) is 14.2. The molecule has 17 heavy (non-hydrogen) atoms. The third-order valence-electron chi connectivity index (χ3n) is 2.36. The smallest absolute Gasteiger partial charge is 0.269 e. The van der Waals surface area contributed by atoms with Gasteiger partial charge in [-0.15, -0.1) is 0 Å². The van der Waals surface area contributed by atoms with Crippen LogP contribution in [-0.4, -0.2) is 10.8 Å². The number of aliphatic imine (C=N–C) groups is 1. The number of amidine groups is 1. The summed E-state index contributed by atoms with van der Waals surface area (Å²) in [5.74, 6) is -0.997. The van der Waals surface area contributed by atoms with E-state index in [2.05, 4.69) is 10.3 Å². The van der Waals surface area contributed by atoms with Gasteiger partial charge in [-0.3, -0.25) is 15.8 Å². The van der Waals surface area contributed by atoms with E-state index < -0.39 is 10.7 Å². The molecular weight excluding hydrogens is 222 g/mol. The number of nitrogens with zero attached hydrogens (tertiary/aromatic N) is 2. The van der Waals surface area contributed by atoms with Gasteiger partial charge in [-0.2, -0.15) is 0 Å². The molecular formula is C10H11N5O2. The van der Waals surface area contributed by atoms with Crippen molar-refractivity contribution in [2.24, 2.45) is 16.5 Å². The molecule has 1 atom stereocenters. The Labute approximate surface area is 97.0 Å².